The number of hydrogen-bond donors (Lipinski definition) is 0. The van der Waals surface area contributed by atoms with E-state index in [1.54, 1.807) is 0 Å². The number of thioether (sulfide) groups is 1. The molecule has 4 rings (SSSR count). The fourth-order valence-electron chi connectivity index (χ4n) is 8.97. The molecule has 0 aromatic rings. The van der Waals surface area contributed by atoms with E-state index < -0.39 is 0 Å². The van der Waals surface area contributed by atoms with Crippen molar-refractivity contribution in [2.45, 2.75) is 105 Å². The third-order valence-electron chi connectivity index (χ3n) is 11.2. The van der Waals surface area contributed by atoms with E-state index in [9.17, 15) is 0 Å². The minimum atomic E-state index is 0.501. The Labute approximate surface area is 210 Å². The van der Waals surface area contributed by atoms with E-state index >= 15 is 0 Å². The maximum atomic E-state index is 6.19. The summed E-state index contributed by atoms with van der Waals surface area (Å²) in [7, 11) is 0. The van der Waals surface area contributed by atoms with Gasteiger partial charge in [0.15, 0.2) is 0 Å². The Hall–Kier alpha value is -0.210. The van der Waals surface area contributed by atoms with Crippen LogP contribution < -0.4 is 0 Å². The molecule has 3 fully saturated rings. The summed E-state index contributed by atoms with van der Waals surface area (Å²) in [6.07, 6.45) is 22.8. The summed E-state index contributed by atoms with van der Waals surface area (Å²) in [5, 5.41) is 0. The van der Waals surface area contributed by atoms with Crippen LogP contribution in [-0.4, -0.2) is 18.3 Å². The third kappa shape index (κ3) is 4.78. The molecule has 1 nitrogen and oxygen atoms in total. The lowest BCUT2D eigenvalue weighted by atomic mass is 9.47. The predicted molar refractivity (Wildman–Crippen MR) is 145 cm³/mol. The average molecular weight is 473 g/mol. The largest absolute Gasteiger partial charge is 0.368 e. The fraction of sp³-hybridized carbons (Fsp3) is 0.871. The van der Waals surface area contributed by atoms with Crippen molar-refractivity contribution in [2.75, 3.05) is 12.2 Å². The van der Waals surface area contributed by atoms with E-state index in [4.69, 9.17) is 4.74 Å². The minimum Gasteiger partial charge on any atom is -0.368 e. The molecule has 4 aliphatic rings. The Morgan fingerprint density at radius 2 is 1.76 bits per heavy atom. The molecule has 0 heterocycles. The number of allylic oxidation sites excluding steroid dienone is 4. The fourth-order valence-corrected chi connectivity index (χ4v) is 9.30. The number of ether oxygens (including phenoxy) is 1. The zero-order valence-corrected chi connectivity index (χ0v) is 23.6. The number of hydrogen-bond acceptors (Lipinski definition) is 2. The molecule has 0 aromatic heterocycles. The summed E-state index contributed by atoms with van der Waals surface area (Å²) in [5.41, 5.74) is 2.92. The van der Waals surface area contributed by atoms with Crippen LogP contribution in [0.5, 0.6) is 0 Å². The van der Waals surface area contributed by atoms with Crippen LogP contribution in [0.4, 0.5) is 0 Å². The smallest absolute Gasteiger partial charge is 0.0921 e. The van der Waals surface area contributed by atoms with E-state index in [2.05, 4.69) is 66.0 Å². The van der Waals surface area contributed by atoms with Crippen molar-refractivity contribution in [1.29, 1.82) is 0 Å². The molecule has 0 N–H and O–H groups in total. The van der Waals surface area contributed by atoms with Gasteiger partial charge in [-0.15, -0.1) is 11.8 Å². The van der Waals surface area contributed by atoms with Crippen LogP contribution in [0, 0.1) is 52.3 Å². The summed E-state index contributed by atoms with van der Waals surface area (Å²) < 4.78 is 6.19. The van der Waals surface area contributed by atoms with Crippen molar-refractivity contribution in [3.8, 4) is 0 Å². The van der Waals surface area contributed by atoms with Gasteiger partial charge in [0, 0.05) is 0 Å². The minimum absolute atomic E-state index is 0.501. The summed E-state index contributed by atoms with van der Waals surface area (Å²) >= 11 is 1.82. The van der Waals surface area contributed by atoms with E-state index in [0.717, 1.165) is 41.4 Å². The molecule has 3 saturated carbocycles. The second kappa shape index (κ2) is 10.4. The molecule has 0 aliphatic heterocycles. The van der Waals surface area contributed by atoms with Gasteiger partial charge in [-0.2, -0.15) is 0 Å². The van der Waals surface area contributed by atoms with Gasteiger partial charge >= 0.3 is 0 Å². The highest BCUT2D eigenvalue weighted by Crippen LogP contribution is 2.66. The Bertz CT molecular complexity index is 724. The van der Waals surface area contributed by atoms with Crippen LogP contribution >= 0.6 is 11.8 Å². The summed E-state index contributed by atoms with van der Waals surface area (Å²) in [6, 6.07) is 0. The van der Waals surface area contributed by atoms with Gasteiger partial charge in [0.25, 0.3) is 0 Å². The van der Waals surface area contributed by atoms with Crippen molar-refractivity contribution in [2.24, 2.45) is 52.3 Å². The van der Waals surface area contributed by atoms with Crippen LogP contribution in [0.3, 0.4) is 0 Å². The van der Waals surface area contributed by atoms with Gasteiger partial charge in [0.05, 0.1) is 12.0 Å². The van der Waals surface area contributed by atoms with Gasteiger partial charge in [0.2, 0.25) is 0 Å². The van der Waals surface area contributed by atoms with Crippen LogP contribution in [-0.2, 0) is 4.74 Å². The molecule has 4 aliphatic carbocycles. The van der Waals surface area contributed by atoms with Gasteiger partial charge in [0.1, 0.15) is 0 Å². The monoisotopic (exact) mass is 472 g/mol. The van der Waals surface area contributed by atoms with Crippen LogP contribution in [0.25, 0.3) is 0 Å². The number of rotatable bonds is 8. The molecule has 2 heteroatoms. The molecule has 188 valence electrons. The lowest BCUT2D eigenvalue weighted by Crippen LogP contribution is -2.50. The molecule has 9 atom stereocenters. The van der Waals surface area contributed by atoms with E-state index in [0.29, 0.717) is 22.9 Å². The van der Waals surface area contributed by atoms with Crippen molar-refractivity contribution in [1.82, 2.24) is 0 Å². The van der Waals surface area contributed by atoms with Crippen molar-refractivity contribution >= 4 is 11.8 Å². The zero-order chi connectivity index (χ0) is 23.8. The molecular weight excluding hydrogens is 420 g/mol. The molecule has 0 bridgehead atoms. The lowest BCUT2D eigenvalue weighted by Gasteiger charge is -2.58. The second-order valence-corrected chi connectivity index (χ2v) is 13.8. The van der Waals surface area contributed by atoms with Crippen LogP contribution in [0.2, 0.25) is 0 Å². The van der Waals surface area contributed by atoms with Gasteiger partial charge < -0.3 is 4.74 Å². The summed E-state index contributed by atoms with van der Waals surface area (Å²) in [6.45, 7) is 15.0. The standard InChI is InChI=1S/C31H52OS/c1-8-23(21(2)3)10-9-22(4)27-13-14-28-26-12-11-24-19-25(32-20-33-7)15-17-30(24,5)29(26)16-18-31(27,28)6/h9-10,12,21-25,27-29H,8,11,13-20H2,1-7H3/b10-9+/t22-,23-,24+,25+,27-,28+,29+,30+,31-/m1/s1. The zero-order valence-electron chi connectivity index (χ0n) is 22.7. The first-order valence-electron chi connectivity index (χ1n) is 14.2. The first kappa shape index (κ1) is 25.9. The summed E-state index contributed by atoms with van der Waals surface area (Å²) in [5.74, 6) is 6.43. The quantitative estimate of drug-likeness (QED) is 0.257. The molecular formula is C31H52OS. The van der Waals surface area contributed by atoms with Crippen LogP contribution in [0.1, 0.15) is 99.3 Å². The Morgan fingerprint density at radius 3 is 2.45 bits per heavy atom. The third-order valence-corrected chi connectivity index (χ3v) is 11.5. The maximum Gasteiger partial charge on any atom is 0.0921 e. The van der Waals surface area contributed by atoms with Gasteiger partial charge in [-0.25, -0.2) is 0 Å². The Kier molecular flexibility index (Phi) is 8.17. The molecule has 33 heavy (non-hydrogen) atoms. The molecule has 0 unspecified atom stereocenters. The van der Waals surface area contributed by atoms with E-state index in [1.807, 2.05) is 17.3 Å². The highest BCUT2D eigenvalue weighted by atomic mass is 32.2. The van der Waals surface area contributed by atoms with Crippen molar-refractivity contribution in [3.63, 3.8) is 0 Å². The molecule has 0 amide bonds. The van der Waals surface area contributed by atoms with Crippen molar-refractivity contribution in [3.05, 3.63) is 23.8 Å². The lowest BCUT2D eigenvalue weighted by molar-refractivity contribution is -0.0564. The first-order chi connectivity index (χ1) is 15.7. The highest BCUT2D eigenvalue weighted by molar-refractivity contribution is 7.98. The second-order valence-electron chi connectivity index (χ2n) is 13.0. The van der Waals surface area contributed by atoms with Gasteiger partial charge in [-0.3, -0.25) is 0 Å². The normalized spacial score (nSPS) is 42.5. The first-order valence-corrected chi connectivity index (χ1v) is 15.6. The summed E-state index contributed by atoms with van der Waals surface area (Å²) in [4.78, 5) is 0. The number of fused-ring (bicyclic) bond motifs is 5. The topological polar surface area (TPSA) is 9.23 Å². The Balaban J connectivity index is 1.48. The van der Waals surface area contributed by atoms with Gasteiger partial charge in [-0.1, -0.05) is 65.3 Å². The molecule has 0 saturated heterocycles. The van der Waals surface area contributed by atoms with Crippen molar-refractivity contribution < 1.29 is 4.74 Å². The Morgan fingerprint density at radius 1 is 1.03 bits per heavy atom. The van der Waals surface area contributed by atoms with E-state index in [-0.39, 0.29) is 0 Å². The molecule has 0 spiro atoms. The highest BCUT2D eigenvalue weighted by Gasteiger charge is 2.58. The molecule has 0 radical (unpaired) electrons. The molecule has 0 aromatic carbocycles. The van der Waals surface area contributed by atoms with Crippen LogP contribution in [0.15, 0.2) is 23.8 Å². The predicted octanol–water partition coefficient (Wildman–Crippen LogP) is 9.15. The SMILES string of the molecule is CC[C@H](/C=C/[C@@H](C)[C@H]1CC[C@H]2C3=CC[C@H]4C[C@@H](OCSC)CC[C@]4(C)[C@H]3CC[C@]12C)C(C)C. The maximum absolute atomic E-state index is 6.19. The average Bonchev–Trinajstić information content (AvgIpc) is 3.15. The van der Waals surface area contributed by atoms with E-state index in [1.165, 1.54) is 57.8 Å². The van der Waals surface area contributed by atoms with Gasteiger partial charge in [-0.05, 0) is 116 Å².